The van der Waals surface area contributed by atoms with E-state index < -0.39 is 0 Å². The summed E-state index contributed by atoms with van der Waals surface area (Å²) >= 11 is 1.63. The van der Waals surface area contributed by atoms with Gasteiger partial charge in [-0.1, -0.05) is 24.1 Å². The second-order valence-electron chi connectivity index (χ2n) is 5.95. The summed E-state index contributed by atoms with van der Waals surface area (Å²) in [7, 11) is 0. The Morgan fingerprint density at radius 2 is 2.05 bits per heavy atom. The Hall–Kier alpha value is -0.960. The Kier molecular flexibility index (Phi) is 3.83. The molecule has 2 saturated carbocycles. The lowest BCUT2D eigenvalue weighted by molar-refractivity contribution is -0.119. The molecule has 1 aromatic rings. The monoisotopic (exact) mass is 275 g/mol. The van der Waals surface area contributed by atoms with Crippen LogP contribution in [0.25, 0.3) is 0 Å². The Morgan fingerprint density at radius 3 is 2.68 bits per heavy atom. The van der Waals surface area contributed by atoms with E-state index in [9.17, 15) is 4.79 Å². The number of thioether (sulfide) groups is 1. The van der Waals surface area contributed by atoms with E-state index in [1.54, 1.807) is 11.8 Å². The summed E-state index contributed by atoms with van der Waals surface area (Å²) in [6.45, 7) is 2.08. The summed E-state index contributed by atoms with van der Waals surface area (Å²) in [6.07, 6.45) is 5.26. The van der Waals surface area contributed by atoms with Crippen LogP contribution in [0.3, 0.4) is 0 Å². The Bertz CT molecular complexity index is 456. The zero-order chi connectivity index (χ0) is 13.2. The zero-order valence-electron chi connectivity index (χ0n) is 11.4. The van der Waals surface area contributed by atoms with E-state index in [1.807, 2.05) is 0 Å². The van der Waals surface area contributed by atoms with Gasteiger partial charge in [-0.15, -0.1) is 11.8 Å². The van der Waals surface area contributed by atoms with Crippen molar-refractivity contribution < 1.29 is 4.79 Å². The topological polar surface area (TPSA) is 29.1 Å². The summed E-state index contributed by atoms with van der Waals surface area (Å²) in [6, 6.07) is 8.83. The van der Waals surface area contributed by atoms with Crippen LogP contribution in [0.1, 0.15) is 31.2 Å². The summed E-state index contributed by atoms with van der Waals surface area (Å²) in [5.74, 6) is 2.39. The molecule has 2 aliphatic rings. The molecule has 0 radical (unpaired) electrons. The standard InChI is InChI=1S/C16H21NOS/c1-11-2-6-14(7-3-11)19-10-16(18)17-15-9-12-4-5-13(15)8-12/h2-3,6-7,12-13,15H,4-5,8-10H2,1H3,(H,17,18)/t12-,13-,15-/m0/s1. The number of hydrogen-bond acceptors (Lipinski definition) is 2. The van der Waals surface area contributed by atoms with Crippen molar-refractivity contribution in [1.82, 2.24) is 5.32 Å². The molecule has 1 amide bonds. The maximum atomic E-state index is 12.0. The van der Waals surface area contributed by atoms with Crippen LogP contribution < -0.4 is 5.32 Å². The number of aryl methyl sites for hydroxylation is 1. The van der Waals surface area contributed by atoms with Crippen LogP contribution in [-0.2, 0) is 4.79 Å². The molecule has 102 valence electrons. The third-order valence-corrected chi connectivity index (χ3v) is 5.49. The Labute approximate surface area is 119 Å². The van der Waals surface area contributed by atoms with Crippen molar-refractivity contribution in [2.75, 3.05) is 5.75 Å². The number of carbonyl (C=O) groups excluding carboxylic acids is 1. The van der Waals surface area contributed by atoms with E-state index >= 15 is 0 Å². The average molecular weight is 275 g/mol. The first-order chi connectivity index (χ1) is 9.20. The number of fused-ring (bicyclic) bond motifs is 2. The van der Waals surface area contributed by atoms with Gasteiger partial charge in [0.2, 0.25) is 5.91 Å². The van der Waals surface area contributed by atoms with E-state index in [-0.39, 0.29) is 5.91 Å². The van der Waals surface area contributed by atoms with E-state index in [4.69, 9.17) is 0 Å². The van der Waals surface area contributed by atoms with Gasteiger partial charge in [0.1, 0.15) is 0 Å². The van der Waals surface area contributed by atoms with E-state index in [1.165, 1.54) is 36.1 Å². The highest BCUT2D eigenvalue weighted by Crippen LogP contribution is 2.44. The number of amides is 1. The molecule has 1 aromatic carbocycles. The highest BCUT2D eigenvalue weighted by Gasteiger charge is 2.39. The number of hydrogen-bond donors (Lipinski definition) is 1. The van der Waals surface area contributed by atoms with Gasteiger partial charge in [-0.25, -0.2) is 0 Å². The molecule has 2 bridgehead atoms. The van der Waals surface area contributed by atoms with Gasteiger partial charge in [-0.05, 0) is 50.2 Å². The van der Waals surface area contributed by atoms with Gasteiger partial charge < -0.3 is 5.32 Å². The van der Waals surface area contributed by atoms with E-state index in [0.717, 1.165) is 11.8 Å². The SMILES string of the molecule is Cc1ccc(SCC(=O)N[C@H]2C[C@H]3CC[C@H]2C3)cc1. The van der Waals surface area contributed by atoms with Crippen molar-refractivity contribution in [3.8, 4) is 0 Å². The molecule has 2 nitrogen and oxygen atoms in total. The highest BCUT2D eigenvalue weighted by atomic mass is 32.2. The third-order valence-electron chi connectivity index (χ3n) is 4.48. The van der Waals surface area contributed by atoms with Crippen molar-refractivity contribution in [1.29, 1.82) is 0 Å². The fourth-order valence-corrected chi connectivity index (χ4v) is 4.16. The number of benzene rings is 1. The summed E-state index contributed by atoms with van der Waals surface area (Å²) in [4.78, 5) is 13.2. The molecule has 3 atom stereocenters. The molecule has 0 unspecified atom stereocenters. The van der Waals surface area contributed by atoms with Crippen LogP contribution >= 0.6 is 11.8 Å². The number of carbonyl (C=O) groups is 1. The molecule has 3 rings (SSSR count). The van der Waals surface area contributed by atoms with Crippen LogP contribution in [0.2, 0.25) is 0 Å². The molecule has 19 heavy (non-hydrogen) atoms. The molecule has 0 aliphatic heterocycles. The first kappa shape index (κ1) is 13.0. The molecule has 0 spiro atoms. The maximum absolute atomic E-state index is 12.0. The number of rotatable bonds is 4. The largest absolute Gasteiger partial charge is 0.352 e. The predicted molar refractivity (Wildman–Crippen MR) is 79.3 cm³/mol. The Morgan fingerprint density at radius 1 is 1.26 bits per heavy atom. The van der Waals surface area contributed by atoms with Gasteiger partial charge in [0.25, 0.3) is 0 Å². The molecular weight excluding hydrogens is 254 g/mol. The summed E-state index contributed by atoms with van der Waals surface area (Å²) in [5.41, 5.74) is 1.26. The fraction of sp³-hybridized carbons (Fsp3) is 0.562. The lowest BCUT2D eigenvalue weighted by atomic mass is 9.95. The molecule has 0 aromatic heterocycles. The smallest absolute Gasteiger partial charge is 0.230 e. The molecule has 0 saturated heterocycles. The van der Waals surface area contributed by atoms with Crippen molar-refractivity contribution in [2.24, 2.45) is 11.8 Å². The molecule has 1 N–H and O–H groups in total. The van der Waals surface area contributed by atoms with Crippen LogP contribution in [0.5, 0.6) is 0 Å². The predicted octanol–water partition coefficient (Wildman–Crippen LogP) is 3.39. The van der Waals surface area contributed by atoms with Gasteiger partial charge in [0.15, 0.2) is 0 Å². The minimum absolute atomic E-state index is 0.197. The average Bonchev–Trinajstić information content (AvgIpc) is 3.00. The lowest BCUT2D eigenvalue weighted by Crippen LogP contribution is -2.39. The highest BCUT2D eigenvalue weighted by molar-refractivity contribution is 8.00. The normalized spacial score (nSPS) is 28.6. The van der Waals surface area contributed by atoms with E-state index in [0.29, 0.717) is 11.8 Å². The minimum Gasteiger partial charge on any atom is -0.352 e. The minimum atomic E-state index is 0.197. The van der Waals surface area contributed by atoms with Crippen LogP contribution in [0.4, 0.5) is 0 Å². The van der Waals surface area contributed by atoms with Gasteiger partial charge in [-0.2, -0.15) is 0 Å². The quantitative estimate of drug-likeness (QED) is 0.853. The van der Waals surface area contributed by atoms with Crippen LogP contribution in [0, 0.1) is 18.8 Å². The Balaban J connectivity index is 1.45. The fourth-order valence-electron chi connectivity index (χ4n) is 3.45. The molecule has 2 fully saturated rings. The van der Waals surface area contributed by atoms with E-state index in [2.05, 4.69) is 36.5 Å². The van der Waals surface area contributed by atoms with Gasteiger partial charge >= 0.3 is 0 Å². The third kappa shape index (κ3) is 3.14. The van der Waals surface area contributed by atoms with Gasteiger partial charge in [0, 0.05) is 10.9 Å². The van der Waals surface area contributed by atoms with Crippen molar-refractivity contribution in [3.05, 3.63) is 29.8 Å². The van der Waals surface area contributed by atoms with Crippen molar-refractivity contribution in [3.63, 3.8) is 0 Å². The molecule has 2 aliphatic carbocycles. The second-order valence-corrected chi connectivity index (χ2v) is 7.00. The van der Waals surface area contributed by atoms with Crippen LogP contribution in [0.15, 0.2) is 29.2 Å². The van der Waals surface area contributed by atoms with Gasteiger partial charge in [-0.3, -0.25) is 4.79 Å². The lowest BCUT2D eigenvalue weighted by Gasteiger charge is -2.22. The van der Waals surface area contributed by atoms with Crippen molar-refractivity contribution >= 4 is 17.7 Å². The maximum Gasteiger partial charge on any atom is 0.230 e. The molecular formula is C16H21NOS. The zero-order valence-corrected chi connectivity index (χ0v) is 12.2. The van der Waals surface area contributed by atoms with Gasteiger partial charge in [0.05, 0.1) is 5.75 Å². The van der Waals surface area contributed by atoms with Crippen LogP contribution in [-0.4, -0.2) is 17.7 Å². The first-order valence-electron chi connectivity index (χ1n) is 7.19. The first-order valence-corrected chi connectivity index (χ1v) is 8.18. The van der Waals surface area contributed by atoms with Crippen molar-refractivity contribution in [2.45, 2.75) is 43.5 Å². The number of nitrogens with one attached hydrogen (secondary N) is 1. The summed E-state index contributed by atoms with van der Waals surface area (Å²) < 4.78 is 0. The molecule has 3 heteroatoms. The molecule has 0 heterocycles. The second kappa shape index (κ2) is 5.58. The summed E-state index contributed by atoms with van der Waals surface area (Å²) in [5, 5.41) is 3.23.